The monoisotopic (exact) mass is 389 g/mol. The number of aryl methyl sites for hydroxylation is 2. The smallest absolute Gasteiger partial charge is 0.323 e. The number of hydrogen-bond donors (Lipinski definition) is 3. The van der Waals surface area contributed by atoms with Crippen LogP contribution >= 0.6 is 11.6 Å². The van der Waals surface area contributed by atoms with Crippen molar-refractivity contribution in [3.63, 3.8) is 0 Å². The fourth-order valence-corrected chi connectivity index (χ4v) is 3.32. The molecule has 0 saturated heterocycles. The van der Waals surface area contributed by atoms with E-state index in [0.717, 1.165) is 39.1 Å². The Hall–Kier alpha value is -3.24. The van der Waals surface area contributed by atoms with Crippen molar-refractivity contribution in [1.29, 1.82) is 0 Å². The van der Waals surface area contributed by atoms with Gasteiger partial charge in [0.15, 0.2) is 0 Å². The van der Waals surface area contributed by atoms with E-state index in [2.05, 4.69) is 21.7 Å². The average Bonchev–Trinajstić information content (AvgIpc) is 3.08. The Morgan fingerprint density at radius 3 is 2.43 bits per heavy atom. The maximum Gasteiger partial charge on any atom is 0.323 e. The van der Waals surface area contributed by atoms with Crippen LogP contribution in [0.15, 0.2) is 66.7 Å². The van der Waals surface area contributed by atoms with E-state index in [1.54, 1.807) is 0 Å². The summed E-state index contributed by atoms with van der Waals surface area (Å²) < 4.78 is 0. The summed E-state index contributed by atoms with van der Waals surface area (Å²) in [4.78, 5) is 15.7. The predicted octanol–water partition coefficient (Wildman–Crippen LogP) is 6.75. The third kappa shape index (κ3) is 3.87. The van der Waals surface area contributed by atoms with Crippen molar-refractivity contribution < 1.29 is 4.79 Å². The number of carbonyl (C=O) groups excluding carboxylic acids is 1. The van der Waals surface area contributed by atoms with Crippen molar-refractivity contribution in [2.45, 2.75) is 13.8 Å². The predicted molar refractivity (Wildman–Crippen MR) is 117 cm³/mol. The topological polar surface area (TPSA) is 56.9 Å². The van der Waals surface area contributed by atoms with Gasteiger partial charge in [-0.2, -0.15) is 0 Å². The molecule has 0 spiro atoms. The molecule has 4 aromatic rings. The highest BCUT2D eigenvalue weighted by molar-refractivity contribution is 6.31. The number of halogens is 1. The second-order valence-electron chi connectivity index (χ2n) is 6.87. The van der Waals surface area contributed by atoms with Gasteiger partial charge >= 0.3 is 6.03 Å². The van der Waals surface area contributed by atoms with Gasteiger partial charge in [0.1, 0.15) is 0 Å². The molecule has 0 bridgehead atoms. The van der Waals surface area contributed by atoms with Crippen LogP contribution in [0.1, 0.15) is 11.1 Å². The molecule has 28 heavy (non-hydrogen) atoms. The standard InChI is InChI=1S/C23H20ClN3O/c1-14-6-8-20(10-15(14)2)26-23(28)25-19-5-3-4-16(12-19)22-13-17-11-18(24)7-9-21(17)27-22/h3-13,27H,1-2H3,(H2,25,26,28). The molecule has 0 fully saturated rings. The third-order valence-electron chi connectivity index (χ3n) is 4.78. The van der Waals surface area contributed by atoms with Crippen LogP contribution < -0.4 is 10.6 Å². The van der Waals surface area contributed by atoms with Gasteiger partial charge < -0.3 is 15.6 Å². The molecule has 5 heteroatoms. The number of aromatic amines is 1. The number of benzene rings is 3. The average molecular weight is 390 g/mol. The largest absolute Gasteiger partial charge is 0.355 e. The van der Waals surface area contributed by atoms with Crippen LogP contribution in [-0.4, -0.2) is 11.0 Å². The fraction of sp³-hybridized carbons (Fsp3) is 0.0870. The first-order chi connectivity index (χ1) is 13.5. The summed E-state index contributed by atoms with van der Waals surface area (Å²) >= 11 is 6.07. The minimum atomic E-state index is -0.274. The number of carbonyl (C=O) groups is 1. The SMILES string of the molecule is Cc1ccc(NC(=O)Nc2cccc(-c3cc4cc(Cl)ccc4[nH]3)c2)cc1C. The summed E-state index contributed by atoms with van der Waals surface area (Å²) in [6.07, 6.45) is 0. The number of nitrogens with one attached hydrogen (secondary N) is 3. The summed E-state index contributed by atoms with van der Waals surface area (Å²) in [6, 6.07) is 21.1. The molecule has 1 heterocycles. The zero-order valence-corrected chi connectivity index (χ0v) is 16.4. The van der Waals surface area contributed by atoms with Gasteiger partial charge in [-0.15, -0.1) is 0 Å². The Balaban J connectivity index is 1.52. The first-order valence-electron chi connectivity index (χ1n) is 9.02. The van der Waals surface area contributed by atoms with Crippen molar-refractivity contribution in [3.8, 4) is 11.3 Å². The van der Waals surface area contributed by atoms with Crippen LogP contribution in [0.3, 0.4) is 0 Å². The van der Waals surface area contributed by atoms with Crippen molar-refractivity contribution in [2.75, 3.05) is 10.6 Å². The lowest BCUT2D eigenvalue weighted by Gasteiger charge is -2.10. The summed E-state index contributed by atoms with van der Waals surface area (Å²) in [6.45, 7) is 4.07. The highest BCUT2D eigenvalue weighted by atomic mass is 35.5. The van der Waals surface area contributed by atoms with Crippen LogP contribution in [0, 0.1) is 13.8 Å². The second-order valence-corrected chi connectivity index (χ2v) is 7.31. The van der Waals surface area contributed by atoms with Crippen molar-refractivity contribution >= 4 is 39.9 Å². The minimum absolute atomic E-state index is 0.274. The van der Waals surface area contributed by atoms with Crippen molar-refractivity contribution in [2.24, 2.45) is 0 Å². The van der Waals surface area contributed by atoms with Crippen LogP contribution in [-0.2, 0) is 0 Å². The van der Waals surface area contributed by atoms with E-state index in [1.807, 2.05) is 74.5 Å². The van der Waals surface area contributed by atoms with Crippen LogP contribution in [0.5, 0.6) is 0 Å². The lowest BCUT2D eigenvalue weighted by molar-refractivity contribution is 0.262. The van der Waals surface area contributed by atoms with Gasteiger partial charge in [0.05, 0.1) is 0 Å². The quantitative estimate of drug-likeness (QED) is 0.356. The Kier molecular flexibility index (Phi) is 4.80. The molecule has 3 N–H and O–H groups in total. The number of aromatic nitrogens is 1. The van der Waals surface area contributed by atoms with E-state index in [9.17, 15) is 4.79 Å². The summed E-state index contributed by atoms with van der Waals surface area (Å²) in [5, 5.41) is 7.52. The van der Waals surface area contributed by atoms with Crippen molar-refractivity contribution in [1.82, 2.24) is 4.98 Å². The van der Waals surface area contributed by atoms with E-state index in [4.69, 9.17) is 11.6 Å². The molecule has 0 radical (unpaired) electrons. The number of fused-ring (bicyclic) bond motifs is 1. The molecule has 1 aromatic heterocycles. The zero-order valence-electron chi connectivity index (χ0n) is 15.6. The van der Waals surface area contributed by atoms with Gasteiger partial charge in [-0.05, 0) is 73.5 Å². The number of hydrogen-bond acceptors (Lipinski definition) is 1. The van der Waals surface area contributed by atoms with Gasteiger partial charge in [-0.3, -0.25) is 0 Å². The number of rotatable bonds is 3. The molecule has 0 aliphatic carbocycles. The highest BCUT2D eigenvalue weighted by Crippen LogP contribution is 2.28. The molecule has 4 nitrogen and oxygen atoms in total. The lowest BCUT2D eigenvalue weighted by atomic mass is 10.1. The Bertz CT molecular complexity index is 1180. The molecule has 0 unspecified atom stereocenters. The third-order valence-corrected chi connectivity index (χ3v) is 5.01. The summed E-state index contributed by atoms with van der Waals surface area (Å²) in [5.74, 6) is 0. The first-order valence-corrected chi connectivity index (χ1v) is 9.40. The minimum Gasteiger partial charge on any atom is -0.355 e. The zero-order chi connectivity index (χ0) is 19.7. The molecule has 0 aliphatic rings. The number of anilines is 2. The van der Waals surface area contributed by atoms with Crippen LogP contribution in [0.25, 0.3) is 22.2 Å². The van der Waals surface area contributed by atoms with Gasteiger partial charge in [0.2, 0.25) is 0 Å². The number of amides is 2. The van der Waals surface area contributed by atoms with Gasteiger partial charge in [0.25, 0.3) is 0 Å². The molecule has 140 valence electrons. The Labute approximate surface area is 168 Å². The molecule has 2 amide bonds. The van der Waals surface area contributed by atoms with E-state index < -0.39 is 0 Å². The molecule has 3 aromatic carbocycles. The first kappa shape index (κ1) is 18.1. The number of H-pyrrole nitrogens is 1. The second kappa shape index (κ2) is 7.41. The van der Waals surface area contributed by atoms with Gasteiger partial charge in [-0.25, -0.2) is 4.79 Å². The Morgan fingerprint density at radius 2 is 1.64 bits per heavy atom. The highest BCUT2D eigenvalue weighted by Gasteiger charge is 2.07. The molecule has 0 atom stereocenters. The molecular weight excluding hydrogens is 370 g/mol. The van der Waals surface area contributed by atoms with Crippen LogP contribution in [0.2, 0.25) is 5.02 Å². The lowest BCUT2D eigenvalue weighted by Crippen LogP contribution is -2.19. The molecule has 0 aliphatic heterocycles. The van der Waals surface area contributed by atoms with E-state index in [-0.39, 0.29) is 6.03 Å². The van der Waals surface area contributed by atoms with E-state index >= 15 is 0 Å². The number of urea groups is 1. The Morgan fingerprint density at radius 1 is 0.857 bits per heavy atom. The van der Waals surface area contributed by atoms with Gasteiger partial charge in [-0.1, -0.05) is 29.8 Å². The normalized spacial score (nSPS) is 10.8. The molecule has 4 rings (SSSR count). The molecule has 0 saturated carbocycles. The maximum atomic E-state index is 12.4. The van der Waals surface area contributed by atoms with Crippen LogP contribution in [0.4, 0.5) is 16.2 Å². The van der Waals surface area contributed by atoms with Gasteiger partial charge in [0, 0.05) is 38.6 Å². The maximum absolute atomic E-state index is 12.4. The molecular formula is C23H20ClN3O. The van der Waals surface area contributed by atoms with E-state index in [0.29, 0.717) is 5.02 Å². The van der Waals surface area contributed by atoms with Crippen molar-refractivity contribution in [3.05, 3.63) is 82.9 Å². The fourth-order valence-electron chi connectivity index (χ4n) is 3.14. The van der Waals surface area contributed by atoms with E-state index in [1.165, 1.54) is 5.56 Å². The summed E-state index contributed by atoms with van der Waals surface area (Å²) in [5.41, 5.74) is 6.79. The summed E-state index contributed by atoms with van der Waals surface area (Å²) in [7, 11) is 0.